The van der Waals surface area contributed by atoms with Crippen LogP contribution in [0, 0.1) is 5.41 Å². The average molecular weight is 677 g/mol. The summed E-state index contributed by atoms with van der Waals surface area (Å²) in [6.45, 7) is 13.4. The van der Waals surface area contributed by atoms with Crippen LogP contribution in [0.5, 0.6) is 5.75 Å². The van der Waals surface area contributed by atoms with Gasteiger partial charge in [-0.05, 0) is 59.9 Å². The first-order valence-corrected chi connectivity index (χ1v) is 19.9. The van der Waals surface area contributed by atoms with Gasteiger partial charge in [-0.15, -0.1) is 0 Å². The maximum absolute atomic E-state index is 12.5. The Labute approximate surface area is 290 Å². The first kappa shape index (κ1) is 35.2. The Kier molecular flexibility index (Phi) is 10.8. The van der Waals surface area contributed by atoms with Crippen molar-refractivity contribution in [2.24, 2.45) is 5.41 Å². The number of aliphatic hydroxyl groups is 1. The minimum absolute atomic E-state index is 0.199. The van der Waals surface area contributed by atoms with Gasteiger partial charge in [-0.2, -0.15) is 10.6 Å². The van der Waals surface area contributed by atoms with Gasteiger partial charge in [-0.1, -0.05) is 75.9 Å². The second-order valence-electron chi connectivity index (χ2n) is 15.1. The Morgan fingerprint density at radius 3 is 2.04 bits per heavy atom. The Morgan fingerprint density at radius 1 is 0.854 bits per heavy atom. The minimum Gasteiger partial charge on any atom is -0.489 e. The smallest absolute Gasteiger partial charge is 0.119 e. The first-order valence-electron chi connectivity index (χ1n) is 18.2. The third-order valence-electron chi connectivity index (χ3n) is 11.5. The average Bonchev–Trinajstić information content (AvgIpc) is 3.17. The van der Waals surface area contributed by atoms with E-state index in [1.165, 1.54) is 49.3 Å². The zero-order chi connectivity index (χ0) is 33.9. The van der Waals surface area contributed by atoms with Crippen molar-refractivity contribution in [3.8, 4) is 5.75 Å². The second-order valence-corrected chi connectivity index (χ2v) is 17.2. The zero-order valence-electron chi connectivity index (χ0n) is 29.6. The van der Waals surface area contributed by atoms with Gasteiger partial charge in [-0.25, -0.2) is 0 Å². The van der Waals surface area contributed by atoms with Crippen LogP contribution in [0.25, 0.3) is 0 Å². The summed E-state index contributed by atoms with van der Waals surface area (Å²) in [5.74, 6) is 0.591. The molecule has 3 aromatic carbocycles. The number of hydrogen-bond donors (Lipinski definition) is 3. The SMILES string of the molecule is CCCCC1(CCCC)CS(O)(O)c2ccc(N(C)C)cc2C(c2ccc(OCc3ccc(C[N+]45CCN(CC4)CC5)cc3)cc2)C1O. The molecule has 2 atom stereocenters. The molecule has 3 aromatic rings. The number of hydrogen-bond acceptors (Lipinski definition) is 6. The van der Waals surface area contributed by atoms with Crippen LogP contribution in [0.4, 0.5) is 5.69 Å². The summed E-state index contributed by atoms with van der Waals surface area (Å²) in [5.41, 5.74) is 4.72. The van der Waals surface area contributed by atoms with Crippen molar-refractivity contribution < 1.29 is 23.4 Å². The molecular weight excluding hydrogens is 619 g/mol. The van der Waals surface area contributed by atoms with Gasteiger partial charge >= 0.3 is 0 Å². The van der Waals surface area contributed by atoms with Crippen molar-refractivity contribution in [2.45, 2.75) is 82.4 Å². The van der Waals surface area contributed by atoms with E-state index in [1.807, 2.05) is 43.3 Å². The maximum atomic E-state index is 12.5. The van der Waals surface area contributed by atoms with Crippen LogP contribution < -0.4 is 9.64 Å². The molecule has 0 amide bonds. The Hall–Kier alpha value is -2.59. The molecule has 0 aliphatic carbocycles. The fourth-order valence-corrected chi connectivity index (χ4v) is 10.7. The van der Waals surface area contributed by atoms with Gasteiger partial charge in [0.15, 0.2) is 0 Å². The van der Waals surface area contributed by atoms with Crippen molar-refractivity contribution in [1.82, 2.24) is 4.90 Å². The van der Waals surface area contributed by atoms with Crippen LogP contribution in [-0.2, 0) is 13.2 Å². The van der Waals surface area contributed by atoms with E-state index in [0.29, 0.717) is 11.5 Å². The number of ether oxygens (including phenoxy) is 1. The second kappa shape index (κ2) is 14.7. The summed E-state index contributed by atoms with van der Waals surface area (Å²) in [5, 5.41) is 12.5. The van der Waals surface area contributed by atoms with Crippen LogP contribution in [0.2, 0.25) is 0 Å². The molecule has 2 bridgehead atoms. The summed E-state index contributed by atoms with van der Waals surface area (Å²) < 4.78 is 31.1. The molecule has 7 rings (SSSR count). The van der Waals surface area contributed by atoms with Crippen LogP contribution in [0.3, 0.4) is 0 Å². The molecule has 0 radical (unpaired) electrons. The Bertz CT molecular complexity index is 1480. The lowest BCUT2D eigenvalue weighted by atomic mass is 9.68. The molecule has 8 heteroatoms. The standard InChI is InChI=1S/C40H57N3O4S/c1-5-7-19-40(20-8-6-2)30-48(45,46)37-18-15-34(41(3)4)27-36(37)38(39(40)44)33-13-16-35(17-14-33)47-29-32-11-9-31(10-12-32)28-43-24-21-42(22-25-43)23-26-43/h9-18,27,38-39,44H,5-8,19-26,28-30H2,1-4H3,(H-,45,46)/p+1. The van der Waals surface area contributed by atoms with Crippen molar-refractivity contribution in [3.63, 3.8) is 0 Å². The number of aliphatic hydroxyl groups excluding tert-OH is 1. The lowest BCUT2D eigenvalue weighted by molar-refractivity contribution is -0.953. The zero-order valence-corrected chi connectivity index (χ0v) is 30.4. The van der Waals surface area contributed by atoms with Gasteiger partial charge in [0, 0.05) is 56.3 Å². The van der Waals surface area contributed by atoms with Crippen LogP contribution >= 0.6 is 10.6 Å². The highest BCUT2D eigenvalue weighted by Crippen LogP contribution is 2.62. The van der Waals surface area contributed by atoms with Crippen molar-refractivity contribution in [1.29, 1.82) is 0 Å². The predicted molar refractivity (Wildman–Crippen MR) is 198 cm³/mol. The van der Waals surface area contributed by atoms with E-state index in [2.05, 4.69) is 61.2 Å². The Balaban J connectivity index is 1.23. The van der Waals surface area contributed by atoms with Gasteiger partial charge in [0.1, 0.15) is 18.9 Å². The van der Waals surface area contributed by atoms with Crippen LogP contribution in [0.15, 0.2) is 71.6 Å². The first-order chi connectivity index (χ1) is 23.1. The quantitative estimate of drug-likeness (QED) is 0.160. The molecule has 0 aromatic heterocycles. The molecular formula is C40H58N3O4S+. The van der Waals surface area contributed by atoms with E-state index in [1.54, 1.807) is 0 Å². The number of fused-ring (bicyclic) bond motifs is 4. The molecule has 4 heterocycles. The number of rotatable bonds is 13. The summed E-state index contributed by atoms with van der Waals surface area (Å²) >= 11 is 0. The third kappa shape index (κ3) is 7.44. The molecule has 262 valence electrons. The normalized spacial score (nSPS) is 26.4. The summed E-state index contributed by atoms with van der Waals surface area (Å²) in [6.07, 6.45) is 4.65. The van der Waals surface area contributed by atoms with E-state index < -0.39 is 28.0 Å². The number of unbranched alkanes of at least 4 members (excludes halogenated alkanes) is 2. The highest BCUT2D eigenvalue weighted by molar-refractivity contribution is 8.24. The fourth-order valence-electron chi connectivity index (χ4n) is 8.46. The monoisotopic (exact) mass is 676 g/mol. The largest absolute Gasteiger partial charge is 0.489 e. The topological polar surface area (TPSA) is 76.4 Å². The molecule has 7 nitrogen and oxygen atoms in total. The van der Waals surface area contributed by atoms with Gasteiger partial charge in [-0.3, -0.25) is 14.0 Å². The van der Waals surface area contributed by atoms with Gasteiger partial charge in [0.05, 0.1) is 36.4 Å². The molecule has 2 unspecified atom stereocenters. The molecule has 3 fully saturated rings. The molecule has 4 aliphatic heterocycles. The maximum Gasteiger partial charge on any atom is 0.119 e. The lowest BCUT2D eigenvalue weighted by Gasteiger charge is -2.50. The van der Waals surface area contributed by atoms with Gasteiger partial charge in [0.25, 0.3) is 0 Å². The van der Waals surface area contributed by atoms with Crippen molar-refractivity contribution in [2.75, 3.05) is 64.0 Å². The van der Waals surface area contributed by atoms with Gasteiger partial charge < -0.3 is 19.2 Å². The van der Waals surface area contributed by atoms with Crippen LogP contribution in [0.1, 0.15) is 80.5 Å². The molecule has 3 N–H and O–H groups in total. The number of anilines is 1. The summed E-state index contributed by atoms with van der Waals surface area (Å²) in [7, 11) is 0.853. The summed E-state index contributed by atoms with van der Waals surface area (Å²) in [4.78, 5) is 5.20. The number of benzene rings is 3. The molecule has 3 saturated heterocycles. The molecule has 0 saturated carbocycles. The Morgan fingerprint density at radius 2 is 1.46 bits per heavy atom. The van der Waals surface area contributed by atoms with E-state index in [-0.39, 0.29) is 5.75 Å². The van der Waals surface area contributed by atoms with Gasteiger partial charge in [0.2, 0.25) is 0 Å². The fraction of sp³-hybridized carbons (Fsp3) is 0.550. The van der Waals surface area contributed by atoms with E-state index in [4.69, 9.17) is 4.74 Å². The summed E-state index contributed by atoms with van der Waals surface area (Å²) in [6, 6.07) is 23.0. The van der Waals surface area contributed by atoms with Crippen molar-refractivity contribution >= 4 is 16.3 Å². The van der Waals surface area contributed by atoms with E-state index in [0.717, 1.165) is 73.2 Å². The molecule has 0 spiro atoms. The number of quaternary nitrogens is 1. The minimum atomic E-state index is -3.13. The van der Waals surface area contributed by atoms with E-state index in [9.17, 15) is 14.2 Å². The lowest BCUT2D eigenvalue weighted by Crippen LogP contribution is -2.66. The number of piperazine rings is 3. The highest BCUT2D eigenvalue weighted by Gasteiger charge is 2.49. The molecule has 48 heavy (non-hydrogen) atoms. The predicted octanol–water partition coefficient (Wildman–Crippen LogP) is 7.96. The van der Waals surface area contributed by atoms with E-state index >= 15 is 0 Å². The highest BCUT2D eigenvalue weighted by atomic mass is 32.3. The van der Waals surface area contributed by atoms with Crippen LogP contribution in [-0.4, -0.2) is 88.8 Å². The van der Waals surface area contributed by atoms with Crippen molar-refractivity contribution in [3.05, 3.63) is 89.0 Å². The molecule has 4 aliphatic rings. The third-order valence-corrected chi connectivity index (χ3v) is 13.6. The number of nitrogens with zero attached hydrogens (tertiary/aromatic N) is 3.